The summed E-state index contributed by atoms with van der Waals surface area (Å²) in [6, 6.07) is 12.3. The standard InChI is InChI=1S/C25H31N3O4/c1-15(2)19-8-7-9-20(16(3)4)22(19)26-21(29)14-28-23(30)25(5,27-24(28)31)17-10-12-18(32-6)13-11-17/h7-13,15-16H,14H2,1-6H3,(H,26,29)(H,27,31). The van der Waals surface area contributed by atoms with E-state index in [4.69, 9.17) is 4.74 Å². The number of ether oxygens (including phenoxy) is 1. The molecule has 4 amide bonds. The first kappa shape index (κ1) is 23.3. The summed E-state index contributed by atoms with van der Waals surface area (Å²) in [7, 11) is 1.56. The molecule has 0 bridgehead atoms. The Morgan fingerprint density at radius 3 is 2.09 bits per heavy atom. The third-order valence-electron chi connectivity index (χ3n) is 5.88. The van der Waals surface area contributed by atoms with Crippen LogP contribution in [0.15, 0.2) is 42.5 Å². The van der Waals surface area contributed by atoms with E-state index in [2.05, 4.69) is 38.3 Å². The second-order valence-corrected chi connectivity index (χ2v) is 8.84. The first-order valence-electron chi connectivity index (χ1n) is 10.8. The highest BCUT2D eigenvalue weighted by molar-refractivity contribution is 6.10. The Balaban J connectivity index is 1.82. The molecule has 1 aliphatic rings. The number of rotatable bonds is 7. The van der Waals surface area contributed by atoms with E-state index in [0.717, 1.165) is 21.7 Å². The Labute approximate surface area is 189 Å². The van der Waals surface area contributed by atoms with Crippen molar-refractivity contribution >= 4 is 23.5 Å². The van der Waals surface area contributed by atoms with Crippen LogP contribution in [0.3, 0.4) is 0 Å². The quantitative estimate of drug-likeness (QED) is 0.631. The first-order valence-corrected chi connectivity index (χ1v) is 10.8. The summed E-state index contributed by atoms with van der Waals surface area (Å²) in [6.45, 7) is 9.53. The van der Waals surface area contributed by atoms with Gasteiger partial charge in [0.1, 0.15) is 17.8 Å². The van der Waals surface area contributed by atoms with Gasteiger partial charge in [0.05, 0.1) is 7.11 Å². The molecule has 1 aliphatic heterocycles. The van der Waals surface area contributed by atoms with E-state index in [1.54, 1.807) is 38.3 Å². The number of carbonyl (C=O) groups excluding carboxylic acids is 3. The van der Waals surface area contributed by atoms with Gasteiger partial charge < -0.3 is 15.4 Å². The van der Waals surface area contributed by atoms with Crippen molar-refractivity contribution in [3.8, 4) is 5.75 Å². The van der Waals surface area contributed by atoms with Crippen LogP contribution in [0.5, 0.6) is 5.75 Å². The van der Waals surface area contributed by atoms with E-state index in [-0.39, 0.29) is 18.4 Å². The molecule has 7 heteroatoms. The highest BCUT2D eigenvalue weighted by atomic mass is 16.5. The van der Waals surface area contributed by atoms with Gasteiger partial charge in [0.2, 0.25) is 5.91 Å². The van der Waals surface area contributed by atoms with E-state index in [9.17, 15) is 14.4 Å². The largest absolute Gasteiger partial charge is 0.497 e. The molecule has 1 unspecified atom stereocenters. The summed E-state index contributed by atoms with van der Waals surface area (Å²) in [6.07, 6.45) is 0. The van der Waals surface area contributed by atoms with Crippen LogP contribution in [-0.2, 0) is 15.1 Å². The third-order valence-corrected chi connectivity index (χ3v) is 5.88. The van der Waals surface area contributed by atoms with Gasteiger partial charge in [-0.05, 0) is 47.6 Å². The zero-order valence-electron chi connectivity index (χ0n) is 19.5. The SMILES string of the molecule is COc1ccc(C2(C)NC(=O)N(CC(=O)Nc3c(C(C)C)cccc3C(C)C)C2=O)cc1. The number of benzene rings is 2. The van der Waals surface area contributed by atoms with Crippen molar-refractivity contribution in [1.82, 2.24) is 10.2 Å². The second kappa shape index (κ2) is 9.02. The molecule has 0 aliphatic carbocycles. The van der Waals surface area contributed by atoms with Crippen LogP contribution < -0.4 is 15.4 Å². The topological polar surface area (TPSA) is 87.7 Å². The molecule has 2 N–H and O–H groups in total. The maximum absolute atomic E-state index is 13.2. The zero-order valence-corrected chi connectivity index (χ0v) is 19.5. The number of amides is 4. The molecule has 0 radical (unpaired) electrons. The predicted octanol–water partition coefficient (Wildman–Crippen LogP) is 4.35. The maximum Gasteiger partial charge on any atom is 0.325 e. The summed E-state index contributed by atoms with van der Waals surface area (Å²) >= 11 is 0. The van der Waals surface area contributed by atoms with Gasteiger partial charge in [-0.1, -0.05) is 58.0 Å². The number of urea groups is 1. The van der Waals surface area contributed by atoms with Gasteiger partial charge >= 0.3 is 6.03 Å². The van der Waals surface area contributed by atoms with Crippen molar-refractivity contribution in [1.29, 1.82) is 0 Å². The van der Waals surface area contributed by atoms with Gasteiger partial charge in [0, 0.05) is 5.69 Å². The van der Waals surface area contributed by atoms with E-state index >= 15 is 0 Å². The highest BCUT2D eigenvalue weighted by Gasteiger charge is 2.49. The summed E-state index contributed by atoms with van der Waals surface area (Å²) < 4.78 is 5.16. The fourth-order valence-electron chi connectivity index (χ4n) is 3.98. The molecule has 1 heterocycles. The number of imide groups is 1. The van der Waals surface area contributed by atoms with Crippen molar-refractivity contribution < 1.29 is 19.1 Å². The van der Waals surface area contributed by atoms with E-state index in [1.807, 2.05) is 18.2 Å². The van der Waals surface area contributed by atoms with Gasteiger partial charge in [0.25, 0.3) is 5.91 Å². The smallest absolute Gasteiger partial charge is 0.325 e. The van der Waals surface area contributed by atoms with E-state index < -0.39 is 23.4 Å². The molecule has 7 nitrogen and oxygen atoms in total. The summed E-state index contributed by atoms with van der Waals surface area (Å²) in [5.74, 6) is 0.180. The average Bonchev–Trinajstić information content (AvgIpc) is 2.97. The van der Waals surface area contributed by atoms with Gasteiger partial charge in [-0.2, -0.15) is 0 Å². The molecule has 1 saturated heterocycles. The van der Waals surface area contributed by atoms with Crippen LogP contribution in [0.4, 0.5) is 10.5 Å². The molecule has 2 aromatic carbocycles. The Morgan fingerprint density at radius 1 is 1.03 bits per heavy atom. The monoisotopic (exact) mass is 437 g/mol. The molecule has 1 fully saturated rings. The van der Waals surface area contributed by atoms with Crippen LogP contribution in [-0.4, -0.2) is 36.4 Å². The molecule has 2 aromatic rings. The number of carbonyl (C=O) groups is 3. The molecule has 1 atom stereocenters. The number of anilines is 1. The number of nitrogens with zero attached hydrogens (tertiary/aromatic N) is 1. The fraction of sp³-hybridized carbons (Fsp3) is 0.400. The number of hydrogen-bond donors (Lipinski definition) is 2. The van der Waals surface area contributed by atoms with Crippen molar-refractivity contribution in [2.24, 2.45) is 0 Å². The fourth-order valence-corrected chi connectivity index (χ4v) is 3.98. The van der Waals surface area contributed by atoms with Crippen LogP contribution >= 0.6 is 0 Å². The molecule has 3 rings (SSSR count). The lowest BCUT2D eigenvalue weighted by atomic mass is 9.92. The average molecular weight is 438 g/mol. The Bertz CT molecular complexity index is 1000. The summed E-state index contributed by atoms with van der Waals surface area (Å²) in [4.78, 5) is 39.7. The van der Waals surface area contributed by atoms with Gasteiger partial charge in [-0.25, -0.2) is 4.79 Å². The lowest BCUT2D eigenvalue weighted by Gasteiger charge is -2.23. The molecular weight excluding hydrogens is 406 g/mol. The Hall–Kier alpha value is -3.35. The molecular formula is C25H31N3O4. The number of nitrogens with one attached hydrogen (secondary N) is 2. The van der Waals surface area contributed by atoms with Crippen LogP contribution in [0.2, 0.25) is 0 Å². The van der Waals surface area contributed by atoms with Gasteiger partial charge in [-0.3, -0.25) is 14.5 Å². The van der Waals surface area contributed by atoms with E-state index in [1.165, 1.54) is 0 Å². The normalized spacial score (nSPS) is 18.3. The first-order chi connectivity index (χ1) is 15.1. The minimum atomic E-state index is -1.25. The third kappa shape index (κ3) is 4.33. The minimum absolute atomic E-state index is 0.207. The summed E-state index contributed by atoms with van der Waals surface area (Å²) in [5, 5.41) is 5.69. The molecule has 0 spiro atoms. The lowest BCUT2D eigenvalue weighted by Crippen LogP contribution is -2.42. The Kier molecular flexibility index (Phi) is 6.57. The molecule has 32 heavy (non-hydrogen) atoms. The van der Waals surface area contributed by atoms with Gasteiger partial charge in [-0.15, -0.1) is 0 Å². The summed E-state index contributed by atoms with van der Waals surface area (Å²) in [5.41, 5.74) is 2.16. The molecule has 170 valence electrons. The van der Waals surface area contributed by atoms with Crippen LogP contribution in [0.1, 0.15) is 63.1 Å². The lowest BCUT2D eigenvalue weighted by molar-refractivity contribution is -0.133. The van der Waals surface area contributed by atoms with E-state index in [0.29, 0.717) is 11.3 Å². The van der Waals surface area contributed by atoms with Crippen LogP contribution in [0, 0.1) is 0 Å². The predicted molar refractivity (Wildman–Crippen MR) is 124 cm³/mol. The van der Waals surface area contributed by atoms with Crippen LogP contribution in [0.25, 0.3) is 0 Å². The van der Waals surface area contributed by atoms with Crippen molar-refractivity contribution in [2.45, 2.75) is 52.0 Å². The Morgan fingerprint density at radius 2 is 1.59 bits per heavy atom. The number of hydrogen-bond acceptors (Lipinski definition) is 4. The van der Waals surface area contributed by atoms with Gasteiger partial charge in [0.15, 0.2) is 0 Å². The maximum atomic E-state index is 13.2. The highest BCUT2D eigenvalue weighted by Crippen LogP contribution is 2.33. The number of para-hydroxylation sites is 1. The minimum Gasteiger partial charge on any atom is -0.497 e. The number of methoxy groups -OCH3 is 1. The zero-order chi connectivity index (χ0) is 23.6. The molecule has 0 saturated carbocycles. The second-order valence-electron chi connectivity index (χ2n) is 8.84. The molecule has 0 aromatic heterocycles. The van der Waals surface area contributed by atoms with Crippen molar-refractivity contribution in [3.05, 3.63) is 59.2 Å². The van der Waals surface area contributed by atoms with Crippen molar-refractivity contribution in [3.63, 3.8) is 0 Å². The van der Waals surface area contributed by atoms with Crippen molar-refractivity contribution in [2.75, 3.05) is 19.0 Å².